The number of aryl methyl sites for hydroxylation is 1. The van der Waals surface area contributed by atoms with Crippen molar-refractivity contribution in [2.45, 2.75) is 44.4 Å². The molecular formula is C15H21N5O2. The van der Waals surface area contributed by atoms with E-state index in [1.807, 2.05) is 24.1 Å². The van der Waals surface area contributed by atoms with E-state index in [0.717, 1.165) is 25.5 Å². The molecule has 2 fully saturated rings. The molecule has 0 radical (unpaired) electrons. The number of morpholine rings is 1. The third-order valence-corrected chi connectivity index (χ3v) is 4.39. The summed E-state index contributed by atoms with van der Waals surface area (Å²) in [7, 11) is 1.93. The Balaban J connectivity index is 1.56. The molecule has 2 aromatic heterocycles. The normalized spacial score (nSPS) is 26.5. The molecule has 1 saturated carbocycles. The Morgan fingerprint density at radius 3 is 2.95 bits per heavy atom. The van der Waals surface area contributed by atoms with Crippen LogP contribution in [0.4, 0.5) is 0 Å². The molecule has 22 heavy (non-hydrogen) atoms. The van der Waals surface area contributed by atoms with E-state index in [2.05, 4.69) is 27.1 Å². The average Bonchev–Trinajstić information content (AvgIpc) is 3.10. The van der Waals surface area contributed by atoms with Crippen molar-refractivity contribution in [1.82, 2.24) is 24.8 Å². The monoisotopic (exact) mass is 303 g/mol. The molecule has 1 aliphatic carbocycles. The quantitative estimate of drug-likeness (QED) is 0.855. The fraction of sp³-hybridized carbons (Fsp3) is 0.667. The standard InChI is InChI=1S/C15H21N5O2/c1-10-13(15-17-14(18-22-15)12-3-4-12)20(5-6-21-10)9-11-7-16-19(2)8-11/h7-8,10,12-13H,3-6,9H2,1-2H3/t10-,13+/m1/s1. The first-order chi connectivity index (χ1) is 10.7. The minimum atomic E-state index is 0.00829. The fourth-order valence-electron chi connectivity index (χ4n) is 3.08. The van der Waals surface area contributed by atoms with Gasteiger partial charge in [0.25, 0.3) is 0 Å². The van der Waals surface area contributed by atoms with Gasteiger partial charge in [-0.3, -0.25) is 9.58 Å². The van der Waals surface area contributed by atoms with Gasteiger partial charge in [0.15, 0.2) is 5.82 Å². The number of nitrogens with zero attached hydrogens (tertiary/aromatic N) is 5. The predicted octanol–water partition coefficient (Wildman–Crippen LogP) is 1.64. The number of rotatable bonds is 4. The van der Waals surface area contributed by atoms with E-state index in [1.165, 1.54) is 18.4 Å². The van der Waals surface area contributed by atoms with Crippen molar-refractivity contribution in [1.29, 1.82) is 0 Å². The molecule has 0 N–H and O–H groups in total. The van der Waals surface area contributed by atoms with Crippen molar-refractivity contribution in [2.24, 2.45) is 7.05 Å². The van der Waals surface area contributed by atoms with Crippen LogP contribution in [0.3, 0.4) is 0 Å². The summed E-state index contributed by atoms with van der Waals surface area (Å²) in [6, 6.07) is 0.00829. The van der Waals surface area contributed by atoms with E-state index in [-0.39, 0.29) is 12.1 Å². The average molecular weight is 303 g/mol. The summed E-state index contributed by atoms with van der Waals surface area (Å²) in [5, 5.41) is 8.39. The lowest BCUT2D eigenvalue weighted by Crippen LogP contribution is -2.43. The molecular weight excluding hydrogens is 282 g/mol. The van der Waals surface area contributed by atoms with Gasteiger partial charge in [-0.2, -0.15) is 10.1 Å². The zero-order valence-corrected chi connectivity index (χ0v) is 13.0. The molecule has 1 aliphatic heterocycles. The van der Waals surface area contributed by atoms with Crippen LogP contribution in [0.25, 0.3) is 0 Å². The van der Waals surface area contributed by atoms with Gasteiger partial charge >= 0.3 is 0 Å². The Bertz CT molecular complexity index is 648. The van der Waals surface area contributed by atoms with Gasteiger partial charge in [0, 0.05) is 37.8 Å². The Morgan fingerprint density at radius 2 is 2.23 bits per heavy atom. The smallest absolute Gasteiger partial charge is 0.246 e. The third-order valence-electron chi connectivity index (χ3n) is 4.39. The molecule has 0 spiro atoms. The lowest BCUT2D eigenvalue weighted by molar-refractivity contribution is -0.0763. The summed E-state index contributed by atoms with van der Waals surface area (Å²) in [6.45, 7) is 4.46. The highest BCUT2D eigenvalue weighted by Crippen LogP contribution is 2.39. The van der Waals surface area contributed by atoms with Crippen LogP contribution in [-0.2, 0) is 18.3 Å². The SMILES string of the molecule is C[C@H]1OCCN(Cc2cnn(C)c2)[C@@H]1c1nc(C2CC2)no1. The summed E-state index contributed by atoms with van der Waals surface area (Å²) in [4.78, 5) is 6.97. The highest BCUT2D eigenvalue weighted by Gasteiger charge is 2.37. The highest BCUT2D eigenvalue weighted by molar-refractivity contribution is 5.09. The summed E-state index contributed by atoms with van der Waals surface area (Å²) >= 11 is 0. The lowest BCUT2D eigenvalue weighted by Gasteiger charge is -2.37. The lowest BCUT2D eigenvalue weighted by atomic mass is 10.1. The van der Waals surface area contributed by atoms with E-state index < -0.39 is 0 Å². The van der Waals surface area contributed by atoms with Crippen molar-refractivity contribution >= 4 is 0 Å². The van der Waals surface area contributed by atoms with E-state index in [0.29, 0.717) is 11.8 Å². The Kier molecular flexibility index (Phi) is 3.46. The second-order valence-corrected chi connectivity index (χ2v) is 6.28. The minimum absolute atomic E-state index is 0.00829. The van der Waals surface area contributed by atoms with E-state index in [9.17, 15) is 0 Å². The van der Waals surface area contributed by atoms with Crippen molar-refractivity contribution < 1.29 is 9.26 Å². The van der Waals surface area contributed by atoms with Gasteiger partial charge in [0.1, 0.15) is 6.04 Å². The fourth-order valence-corrected chi connectivity index (χ4v) is 3.08. The van der Waals surface area contributed by atoms with Crippen molar-refractivity contribution in [3.05, 3.63) is 29.7 Å². The molecule has 7 nitrogen and oxygen atoms in total. The van der Waals surface area contributed by atoms with Gasteiger partial charge in [-0.15, -0.1) is 0 Å². The molecule has 0 bridgehead atoms. The van der Waals surface area contributed by atoms with Crippen LogP contribution in [-0.4, -0.2) is 44.1 Å². The van der Waals surface area contributed by atoms with Crippen LogP contribution < -0.4 is 0 Å². The van der Waals surface area contributed by atoms with E-state index in [1.54, 1.807) is 0 Å². The first-order valence-electron chi connectivity index (χ1n) is 7.87. The maximum Gasteiger partial charge on any atom is 0.246 e. The summed E-state index contributed by atoms with van der Waals surface area (Å²) in [5.41, 5.74) is 1.18. The Morgan fingerprint density at radius 1 is 1.36 bits per heavy atom. The molecule has 118 valence electrons. The van der Waals surface area contributed by atoms with Crippen molar-refractivity contribution in [3.63, 3.8) is 0 Å². The second kappa shape index (κ2) is 5.48. The maximum absolute atomic E-state index is 5.81. The van der Waals surface area contributed by atoms with Crippen molar-refractivity contribution in [2.75, 3.05) is 13.2 Å². The molecule has 1 saturated heterocycles. The summed E-state index contributed by atoms with van der Waals surface area (Å²) in [6.07, 6.45) is 6.34. The Labute approximate surface area is 129 Å². The van der Waals surface area contributed by atoms with Gasteiger partial charge in [0.05, 0.1) is 18.9 Å². The number of ether oxygens (including phenoxy) is 1. The van der Waals surface area contributed by atoms with Gasteiger partial charge in [-0.25, -0.2) is 0 Å². The molecule has 2 atom stereocenters. The highest BCUT2D eigenvalue weighted by atomic mass is 16.5. The zero-order chi connectivity index (χ0) is 15.1. The van der Waals surface area contributed by atoms with Crippen molar-refractivity contribution in [3.8, 4) is 0 Å². The topological polar surface area (TPSA) is 69.2 Å². The summed E-state index contributed by atoms with van der Waals surface area (Å²) < 4.78 is 13.2. The third kappa shape index (κ3) is 2.66. The molecule has 0 amide bonds. The maximum atomic E-state index is 5.81. The first-order valence-corrected chi connectivity index (χ1v) is 7.87. The van der Waals surface area contributed by atoms with Crippen LogP contribution in [0, 0.1) is 0 Å². The molecule has 2 aliphatic rings. The van der Waals surface area contributed by atoms with Gasteiger partial charge in [-0.1, -0.05) is 5.16 Å². The van der Waals surface area contributed by atoms with Crippen LogP contribution in [0.5, 0.6) is 0 Å². The van der Waals surface area contributed by atoms with E-state index in [4.69, 9.17) is 9.26 Å². The molecule has 2 aromatic rings. The van der Waals surface area contributed by atoms with Gasteiger partial charge in [-0.05, 0) is 19.8 Å². The van der Waals surface area contributed by atoms with Crippen LogP contribution >= 0.6 is 0 Å². The first kappa shape index (κ1) is 13.9. The van der Waals surface area contributed by atoms with Crippen LogP contribution in [0.15, 0.2) is 16.9 Å². The van der Waals surface area contributed by atoms with E-state index >= 15 is 0 Å². The van der Waals surface area contributed by atoms with Gasteiger partial charge < -0.3 is 9.26 Å². The summed E-state index contributed by atoms with van der Waals surface area (Å²) in [5.74, 6) is 2.04. The molecule has 0 aromatic carbocycles. The molecule has 3 heterocycles. The molecule has 7 heteroatoms. The minimum Gasteiger partial charge on any atom is -0.375 e. The second-order valence-electron chi connectivity index (χ2n) is 6.28. The van der Waals surface area contributed by atoms with Crippen LogP contribution in [0.2, 0.25) is 0 Å². The molecule has 4 rings (SSSR count). The largest absolute Gasteiger partial charge is 0.375 e. The predicted molar refractivity (Wildman–Crippen MR) is 78.0 cm³/mol. The number of hydrogen-bond donors (Lipinski definition) is 0. The van der Waals surface area contributed by atoms with Crippen LogP contribution in [0.1, 0.15) is 49.0 Å². The molecule has 0 unspecified atom stereocenters. The number of aromatic nitrogens is 4. The number of hydrogen-bond acceptors (Lipinski definition) is 6. The zero-order valence-electron chi connectivity index (χ0n) is 13.0. The van der Waals surface area contributed by atoms with Gasteiger partial charge in [0.2, 0.25) is 5.89 Å². The Hall–Kier alpha value is -1.73.